The number of non-ortho nitro benzene ring substituents is 1. The normalized spacial score (nSPS) is 14.9. The Kier molecular flexibility index (Phi) is 5.20. The molecule has 0 saturated heterocycles. The molecule has 2 aromatic carbocycles. The van der Waals surface area contributed by atoms with Crippen molar-refractivity contribution in [3.05, 3.63) is 68.9 Å². The van der Waals surface area contributed by atoms with Crippen molar-refractivity contribution in [1.82, 2.24) is 0 Å². The lowest BCUT2D eigenvalue weighted by Crippen LogP contribution is -2.38. The predicted octanol–water partition coefficient (Wildman–Crippen LogP) is 3.36. The Hall–Kier alpha value is -2.90. The van der Waals surface area contributed by atoms with Crippen LogP contribution < -0.4 is 15.4 Å². The van der Waals surface area contributed by atoms with Crippen LogP contribution in [0.4, 0.5) is 11.4 Å². The summed E-state index contributed by atoms with van der Waals surface area (Å²) in [6.45, 7) is 0.881. The van der Waals surface area contributed by atoms with E-state index in [4.69, 9.17) is 22.1 Å². The highest BCUT2D eigenvalue weighted by Crippen LogP contribution is 2.37. The van der Waals surface area contributed by atoms with Crippen molar-refractivity contribution >= 4 is 35.0 Å². The van der Waals surface area contributed by atoms with E-state index in [2.05, 4.69) is 0 Å². The van der Waals surface area contributed by atoms with Gasteiger partial charge < -0.3 is 15.4 Å². The van der Waals surface area contributed by atoms with Crippen molar-refractivity contribution in [2.45, 2.75) is 6.42 Å². The summed E-state index contributed by atoms with van der Waals surface area (Å²) < 4.78 is 5.74. The molecule has 0 radical (unpaired) electrons. The average Bonchev–Trinajstić information content (AvgIpc) is 2.63. The number of carbonyl (C=O) groups is 1. The highest BCUT2D eigenvalue weighted by molar-refractivity contribution is 6.31. The second kappa shape index (κ2) is 7.55. The number of carbonyl (C=O) groups excluding carboxylic acids is 1. The van der Waals surface area contributed by atoms with Crippen LogP contribution in [-0.2, 0) is 4.79 Å². The fourth-order valence-corrected chi connectivity index (χ4v) is 2.76. The van der Waals surface area contributed by atoms with Crippen molar-refractivity contribution in [2.75, 3.05) is 18.0 Å². The van der Waals surface area contributed by atoms with E-state index in [-0.39, 0.29) is 17.4 Å². The summed E-state index contributed by atoms with van der Waals surface area (Å²) in [4.78, 5) is 24.7. The molecular weight excluding hydrogens is 358 g/mol. The molecule has 2 N–H and O–H groups in total. The van der Waals surface area contributed by atoms with Gasteiger partial charge in [0.05, 0.1) is 10.6 Å². The van der Waals surface area contributed by atoms with E-state index in [0.29, 0.717) is 41.5 Å². The first-order valence-electron chi connectivity index (χ1n) is 7.95. The van der Waals surface area contributed by atoms with Gasteiger partial charge in [0.1, 0.15) is 0 Å². The fourth-order valence-electron chi connectivity index (χ4n) is 2.60. The van der Waals surface area contributed by atoms with Gasteiger partial charge in [0.25, 0.3) is 11.6 Å². The van der Waals surface area contributed by atoms with Crippen molar-refractivity contribution in [3.63, 3.8) is 0 Å². The summed E-state index contributed by atoms with van der Waals surface area (Å²) >= 11 is 6.04. The Morgan fingerprint density at radius 2 is 1.96 bits per heavy atom. The third-order valence-corrected chi connectivity index (χ3v) is 4.11. The maximum atomic E-state index is 12.8. The Bertz CT molecular complexity index is 881. The maximum Gasteiger partial charge on any atom is 0.294 e. The molecule has 26 heavy (non-hydrogen) atoms. The number of benzene rings is 2. The van der Waals surface area contributed by atoms with Gasteiger partial charge in [0, 0.05) is 23.7 Å². The Morgan fingerprint density at radius 1 is 1.23 bits per heavy atom. The first-order valence-corrected chi connectivity index (χ1v) is 8.33. The number of amides is 1. The smallest absolute Gasteiger partial charge is 0.294 e. The van der Waals surface area contributed by atoms with Gasteiger partial charge in [0.2, 0.25) is 0 Å². The maximum absolute atomic E-state index is 12.8. The van der Waals surface area contributed by atoms with E-state index in [1.165, 1.54) is 12.1 Å². The SMILES string of the molecule is NCCCN1C(=O)/C(=C\c2ccc([N+](=O)[O-])cc2)Oc2ccc(Cl)cc21. The molecule has 0 bridgehead atoms. The molecule has 0 aromatic heterocycles. The molecule has 1 heterocycles. The van der Waals surface area contributed by atoms with Crippen molar-refractivity contribution < 1.29 is 14.5 Å². The molecule has 1 aliphatic rings. The van der Waals surface area contributed by atoms with Crippen molar-refractivity contribution in [2.24, 2.45) is 5.73 Å². The number of halogens is 1. The number of fused-ring (bicyclic) bond motifs is 1. The molecule has 1 aliphatic heterocycles. The molecule has 3 rings (SSSR count). The summed E-state index contributed by atoms with van der Waals surface area (Å²) in [7, 11) is 0. The van der Waals surface area contributed by atoms with Gasteiger partial charge in [0.15, 0.2) is 11.5 Å². The van der Waals surface area contributed by atoms with E-state index in [1.54, 1.807) is 41.3 Å². The van der Waals surface area contributed by atoms with Crippen LogP contribution in [0.5, 0.6) is 5.75 Å². The summed E-state index contributed by atoms with van der Waals surface area (Å²) in [5, 5.41) is 11.2. The second-order valence-corrected chi connectivity index (χ2v) is 6.11. The summed E-state index contributed by atoms with van der Waals surface area (Å²) in [6.07, 6.45) is 2.18. The third kappa shape index (κ3) is 3.68. The number of rotatable bonds is 5. The Morgan fingerprint density at radius 3 is 2.62 bits per heavy atom. The van der Waals surface area contributed by atoms with Gasteiger partial charge in [-0.1, -0.05) is 11.6 Å². The van der Waals surface area contributed by atoms with Crippen LogP contribution in [0.1, 0.15) is 12.0 Å². The van der Waals surface area contributed by atoms with E-state index in [9.17, 15) is 14.9 Å². The molecule has 0 spiro atoms. The first kappa shape index (κ1) is 17.9. The predicted molar refractivity (Wildman–Crippen MR) is 99.2 cm³/mol. The number of nitrogens with zero attached hydrogens (tertiary/aromatic N) is 2. The molecule has 1 amide bonds. The molecule has 0 atom stereocenters. The fraction of sp³-hybridized carbons (Fsp3) is 0.167. The molecule has 7 nitrogen and oxygen atoms in total. The van der Waals surface area contributed by atoms with Crippen LogP contribution in [0, 0.1) is 10.1 Å². The molecule has 0 saturated carbocycles. The minimum Gasteiger partial charge on any atom is -0.449 e. The Labute approximate surface area is 154 Å². The van der Waals surface area contributed by atoms with E-state index < -0.39 is 4.92 Å². The zero-order chi connectivity index (χ0) is 18.7. The van der Waals surface area contributed by atoms with Gasteiger partial charge in [-0.2, -0.15) is 0 Å². The minimum absolute atomic E-state index is 0.0207. The van der Waals surface area contributed by atoms with E-state index in [0.717, 1.165) is 0 Å². The van der Waals surface area contributed by atoms with Crippen LogP contribution in [0.2, 0.25) is 5.02 Å². The van der Waals surface area contributed by atoms with Gasteiger partial charge in [-0.25, -0.2) is 0 Å². The standard InChI is InChI=1S/C18H16ClN3O4/c19-13-4-7-16-15(11-13)21(9-1-8-20)18(23)17(26-16)10-12-2-5-14(6-3-12)22(24)25/h2-7,10-11H,1,8-9,20H2/b17-10+. The quantitative estimate of drug-likeness (QED) is 0.492. The number of hydrogen-bond donors (Lipinski definition) is 1. The van der Waals surface area contributed by atoms with Crippen LogP contribution >= 0.6 is 11.6 Å². The zero-order valence-electron chi connectivity index (χ0n) is 13.7. The van der Waals surface area contributed by atoms with Gasteiger partial charge in [-0.15, -0.1) is 0 Å². The summed E-state index contributed by atoms with van der Waals surface area (Å²) in [5.74, 6) is 0.330. The number of nitrogens with two attached hydrogens (primary N) is 1. The largest absolute Gasteiger partial charge is 0.449 e. The topological polar surface area (TPSA) is 98.7 Å². The lowest BCUT2D eigenvalue weighted by Gasteiger charge is -2.30. The van der Waals surface area contributed by atoms with Gasteiger partial charge >= 0.3 is 0 Å². The highest BCUT2D eigenvalue weighted by atomic mass is 35.5. The molecule has 134 valence electrons. The molecule has 0 aliphatic carbocycles. The van der Waals surface area contributed by atoms with Crippen molar-refractivity contribution in [1.29, 1.82) is 0 Å². The number of anilines is 1. The zero-order valence-corrected chi connectivity index (χ0v) is 14.5. The van der Waals surface area contributed by atoms with Crippen LogP contribution in [-0.4, -0.2) is 23.9 Å². The molecule has 0 unspecified atom stereocenters. The minimum atomic E-state index is -0.478. The van der Waals surface area contributed by atoms with Gasteiger partial charge in [-0.3, -0.25) is 14.9 Å². The van der Waals surface area contributed by atoms with Gasteiger partial charge in [-0.05, 0) is 54.9 Å². The van der Waals surface area contributed by atoms with E-state index >= 15 is 0 Å². The number of hydrogen-bond acceptors (Lipinski definition) is 5. The Balaban J connectivity index is 1.96. The van der Waals surface area contributed by atoms with Crippen LogP contribution in [0.15, 0.2) is 48.2 Å². The lowest BCUT2D eigenvalue weighted by molar-refractivity contribution is -0.384. The van der Waals surface area contributed by atoms with Crippen LogP contribution in [0.3, 0.4) is 0 Å². The second-order valence-electron chi connectivity index (χ2n) is 5.67. The first-order chi connectivity index (χ1) is 12.5. The van der Waals surface area contributed by atoms with Crippen molar-refractivity contribution in [3.8, 4) is 5.75 Å². The van der Waals surface area contributed by atoms with E-state index in [1.807, 2.05) is 0 Å². The summed E-state index contributed by atoms with van der Waals surface area (Å²) in [6, 6.07) is 10.9. The molecule has 2 aromatic rings. The molecule has 8 heteroatoms. The third-order valence-electron chi connectivity index (χ3n) is 3.88. The highest BCUT2D eigenvalue weighted by Gasteiger charge is 2.30. The number of ether oxygens (including phenoxy) is 1. The number of nitro groups is 1. The lowest BCUT2D eigenvalue weighted by atomic mass is 10.1. The average molecular weight is 374 g/mol. The summed E-state index contributed by atoms with van der Waals surface area (Å²) in [5.41, 5.74) is 6.77. The van der Waals surface area contributed by atoms with Crippen LogP contribution in [0.25, 0.3) is 6.08 Å². The number of nitro benzene ring substituents is 1. The molecule has 0 fully saturated rings. The molecular formula is C18H16ClN3O4. The monoisotopic (exact) mass is 373 g/mol.